The smallest absolute Gasteiger partial charge is 0.0486 e. The summed E-state index contributed by atoms with van der Waals surface area (Å²) in [7, 11) is 0. The molecule has 0 saturated heterocycles. The van der Waals surface area contributed by atoms with E-state index in [4.69, 9.17) is 5.73 Å². The molecule has 2 rings (SSSR count). The van der Waals surface area contributed by atoms with E-state index in [0.717, 1.165) is 6.42 Å². The lowest BCUT2D eigenvalue weighted by Crippen LogP contribution is -2.25. The van der Waals surface area contributed by atoms with Crippen molar-refractivity contribution in [1.82, 2.24) is 4.98 Å². The second-order valence-corrected chi connectivity index (χ2v) is 4.60. The molecule has 3 N–H and O–H groups in total. The number of aryl methyl sites for hydroxylation is 1. The molecular formula is C14H20N2. The Morgan fingerprint density at radius 1 is 1.38 bits per heavy atom. The van der Waals surface area contributed by atoms with Crippen LogP contribution in [-0.4, -0.2) is 11.0 Å². The zero-order valence-corrected chi connectivity index (χ0v) is 10.2. The first kappa shape index (κ1) is 11.2. The van der Waals surface area contributed by atoms with E-state index in [1.54, 1.807) is 0 Å². The normalized spacial score (nSPS) is 15.2. The molecule has 0 aliphatic carbocycles. The zero-order valence-electron chi connectivity index (χ0n) is 10.2. The van der Waals surface area contributed by atoms with Crippen molar-refractivity contribution in [2.75, 3.05) is 0 Å². The molecule has 0 fully saturated rings. The van der Waals surface area contributed by atoms with Crippen LogP contribution in [0.25, 0.3) is 10.9 Å². The van der Waals surface area contributed by atoms with Gasteiger partial charge in [-0.1, -0.05) is 32.0 Å². The third-order valence-corrected chi connectivity index (χ3v) is 3.56. The maximum atomic E-state index is 6.12. The second kappa shape index (κ2) is 4.30. The third-order valence-electron chi connectivity index (χ3n) is 3.56. The number of H-pyrrole nitrogens is 1. The highest BCUT2D eigenvalue weighted by atomic mass is 14.7. The first-order valence-electron chi connectivity index (χ1n) is 5.97. The van der Waals surface area contributed by atoms with E-state index < -0.39 is 0 Å². The Hall–Kier alpha value is -1.28. The van der Waals surface area contributed by atoms with Gasteiger partial charge in [-0.3, -0.25) is 0 Å². The fraction of sp³-hybridized carbons (Fsp3) is 0.429. The molecule has 0 aliphatic heterocycles. The molecule has 2 atom stereocenters. The van der Waals surface area contributed by atoms with Crippen LogP contribution in [0.5, 0.6) is 0 Å². The van der Waals surface area contributed by atoms with Gasteiger partial charge in [0.25, 0.3) is 0 Å². The van der Waals surface area contributed by atoms with Gasteiger partial charge in [-0.2, -0.15) is 0 Å². The largest absolute Gasteiger partial charge is 0.361 e. The van der Waals surface area contributed by atoms with Gasteiger partial charge in [-0.15, -0.1) is 0 Å². The van der Waals surface area contributed by atoms with Gasteiger partial charge in [0.15, 0.2) is 0 Å². The highest BCUT2D eigenvalue weighted by molar-refractivity contribution is 5.86. The summed E-state index contributed by atoms with van der Waals surface area (Å²) in [5.74, 6) is 0.403. The number of fused-ring (bicyclic) bond motifs is 1. The molecule has 0 aliphatic rings. The predicted molar refractivity (Wildman–Crippen MR) is 69.7 cm³/mol. The molecule has 0 radical (unpaired) electrons. The van der Waals surface area contributed by atoms with Gasteiger partial charge in [0.1, 0.15) is 0 Å². The molecule has 2 nitrogen and oxygen atoms in total. The minimum atomic E-state index is 0.236. The van der Waals surface area contributed by atoms with E-state index in [9.17, 15) is 0 Å². The lowest BCUT2D eigenvalue weighted by atomic mass is 9.92. The molecule has 0 spiro atoms. The second-order valence-electron chi connectivity index (χ2n) is 4.60. The van der Waals surface area contributed by atoms with Gasteiger partial charge in [0.2, 0.25) is 0 Å². The van der Waals surface area contributed by atoms with Crippen molar-refractivity contribution < 1.29 is 0 Å². The Labute approximate surface area is 96.9 Å². The first-order chi connectivity index (χ1) is 7.65. The summed E-state index contributed by atoms with van der Waals surface area (Å²) in [5, 5.41) is 1.32. The van der Waals surface area contributed by atoms with Crippen LogP contribution < -0.4 is 5.73 Å². The number of rotatable bonds is 3. The Bertz CT molecular complexity index is 484. The quantitative estimate of drug-likeness (QED) is 0.812. The van der Waals surface area contributed by atoms with Gasteiger partial charge in [0, 0.05) is 23.1 Å². The molecule has 1 aromatic heterocycles. The van der Waals surface area contributed by atoms with E-state index in [-0.39, 0.29) is 6.04 Å². The van der Waals surface area contributed by atoms with Crippen molar-refractivity contribution in [2.45, 2.75) is 39.2 Å². The van der Waals surface area contributed by atoms with E-state index in [1.807, 2.05) is 0 Å². The summed E-state index contributed by atoms with van der Waals surface area (Å²) in [6, 6.07) is 6.65. The first-order valence-corrected chi connectivity index (χ1v) is 5.97. The van der Waals surface area contributed by atoms with Crippen molar-refractivity contribution in [3.05, 3.63) is 35.5 Å². The van der Waals surface area contributed by atoms with Crippen LogP contribution in [0.4, 0.5) is 0 Å². The minimum absolute atomic E-state index is 0.236. The number of benzene rings is 1. The van der Waals surface area contributed by atoms with Crippen LogP contribution in [0.3, 0.4) is 0 Å². The molecule has 0 unspecified atom stereocenters. The lowest BCUT2D eigenvalue weighted by Gasteiger charge is -2.17. The van der Waals surface area contributed by atoms with Gasteiger partial charge in [-0.05, 0) is 30.4 Å². The molecule has 2 heteroatoms. The van der Waals surface area contributed by atoms with Crippen molar-refractivity contribution in [3.8, 4) is 0 Å². The minimum Gasteiger partial charge on any atom is -0.361 e. The summed E-state index contributed by atoms with van der Waals surface area (Å²) in [6.45, 7) is 6.48. The summed E-state index contributed by atoms with van der Waals surface area (Å²) in [5.41, 5.74) is 10.00. The molecule has 2 aromatic rings. The number of para-hydroxylation sites is 1. The van der Waals surface area contributed by atoms with Crippen molar-refractivity contribution in [1.29, 1.82) is 0 Å². The molecule has 86 valence electrons. The van der Waals surface area contributed by atoms with E-state index in [2.05, 4.69) is 50.2 Å². The van der Waals surface area contributed by atoms with E-state index >= 15 is 0 Å². The number of aromatic amines is 1. The van der Waals surface area contributed by atoms with Gasteiger partial charge in [0.05, 0.1) is 0 Å². The average molecular weight is 216 g/mol. The molecule has 1 aromatic carbocycles. The molecule has 0 amide bonds. The summed E-state index contributed by atoms with van der Waals surface area (Å²) < 4.78 is 0. The monoisotopic (exact) mass is 216 g/mol. The van der Waals surface area contributed by atoms with Crippen LogP contribution in [-0.2, 0) is 0 Å². The van der Waals surface area contributed by atoms with Crippen LogP contribution in [0, 0.1) is 6.92 Å². The van der Waals surface area contributed by atoms with Gasteiger partial charge < -0.3 is 10.7 Å². The topological polar surface area (TPSA) is 41.8 Å². The third kappa shape index (κ3) is 1.74. The Kier molecular flexibility index (Phi) is 3.01. The number of aromatic nitrogens is 1. The predicted octanol–water partition coefficient (Wildman–Crippen LogP) is 3.32. The summed E-state index contributed by atoms with van der Waals surface area (Å²) in [6.07, 6.45) is 3.12. The van der Waals surface area contributed by atoms with Crippen LogP contribution >= 0.6 is 0 Å². The molecule has 0 saturated carbocycles. The zero-order chi connectivity index (χ0) is 11.7. The lowest BCUT2D eigenvalue weighted by molar-refractivity contribution is 0.554. The molecular weight excluding hydrogens is 196 g/mol. The standard InChI is InChI=1S/C14H20N2/c1-4-13(15)10(3)12-8-16-14-9(2)6-5-7-11(12)14/h5-8,10,13,16H,4,15H2,1-3H3/t10-,13+/m0/s1. The fourth-order valence-electron chi connectivity index (χ4n) is 2.29. The fourth-order valence-corrected chi connectivity index (χ4v) is 2.29. The highest BCUT2D eigenvalue weighted by Gasteiger charge is 2.16. The molecule has 16 heavy (non-hydrogen) atoms. The van der Waals surface area contributed by atoms with Crippen LogP contribution in [0.15, 0.2) is 24.4 Å². The number of hydrogen-bond donors (Lipinski definition) is 2. The highest BCUT2D eigenvalue weighted by Crippen LogP contribution is 2.29. The molecule has 0 bridgehead atoms. The summed E-state index contributed by atoms with van der Waals surface area (Å²) in [4.78, 5) is 3.36. The Morgan fingerprint density at radius 3 is 2.81 bits per heavy atom. The van der Waals surface area contributed by atoms with Gasteiger partial charge in [-0.25, -0.2) is 0 Å². The average Bonchev–Trinajstić information content (AvgIpc) is 2.72. The van der Waals surface area contributed by atoms with Crippen LogP contribution in [0.2, 0.25) is 0 Å². The number of nitrogens with one attached hydrogen (secondary N) is 1. The maximum Gasteiger partial charge on any atom is 0.0486 e. The number of nitrogens with two attached hydrogens (primary N) is 1. The van der Waals surface area contributed by atoms with Crippen molar-refractivity contribution >= 4 is 10.9 Å². The summed E-state index contributed by atoms with van der Waals surface area (Å²) >= 11 is 0. The van der Waals surface area contributed by atoms with Crippen molar-refractivity contribution in [3.63, 3.8) is 0 Å². The van der Waals surface area contributed by atoms with Crippen molar-refractivity contribution in [2.24, 2.45) is 5.73 Å². The Morgan fingerprint density at radius 2 is 2.12 bits per heavy atom. The number of hydrogen-bond acceptors (Lipinski definition) is 1. The maximum absolute atomic E-state index is 6.12. The molecule has 1 heterocycles. The van der Waals surface area contributed by atoms with E-state index in [0.29, 0.717) is 5.92 Å². The SMILES string of the molecule is CC[C@@H](N)[C@@H](C)c1c[nH]c2c(C)cccc12. The van der Waals surface area contributed by atoms with Crippen LogP contribution in [0.1, 0.15) is 37.3 Å². The van der Waals surface area contributed by atoms with E-state index in [1.165, 1.54) is 22.0 Å². The van der Waals surface area contributed by atoms with Gasteiger partial charge >= 0.3 is 0 Å². The Balaban J connectivity index is 2.50.